The lowest BCUT2D eigenvalue weighted by molar-refractivity contribution is 0.311. The van der Waals surface area contributed by atoms with Crippen molar-refractivity contribution in [3.05, 3.63) is 63.2 Å². The Morgan fingerprint density at radius 2 is 2.07 bits per heavy atom. The van der Waals surface area contributed by atoms with E-state index in [-0.39, 0.29) is 5.56 Å². The van der Waals surface area contributed by atoms with Crippen molar-refractivity contribution in [3.8, 4) is 11.5 Å². The molecule has 4 rings (SSSR count). The van der Waals surface area contributed by atoms with E-state index in [4.69, 9.17) is 26.1 Å². The van der Waals surface area contributed by atoms with E-state index in [1.54, 1.807) is 29.9 Å². The maximum atomic E-state index is 12.8. The lowest BCUT2D eigenvalue weighted by Crippen LogP contribution is -2.20. The molecule has 1 aliphatic rings. The average molecular weight is 383 g/mol. The second-order valence-corrected chi connectivity index (χ2v) is 6.75. The zero-order chi connectivity index (χ0) is 19.0. The van der Waals surface area contributed by atoms with Crippen LogP contribution in [0.3, 0.4) is 0 Å². The fraction of sp³-hybridized carbons (Fsp3) is 0.238. The van der Waals surface area contributed by atoms with E-state index >= 15 is 0 Å². The molecule has 2 aromatic carbocycles. The van der Waals surface area contributed by atoms with Gasteiger partial charge in [0, 0.05) is 11.6 Å². The molecule has 1 aromatic heterocycles. The van der Waals surface area contributed by atoms with E-state index in [1.165, 1.54) is 0 Å². The Morgan fingerprint density at radius 1 is 1.22 bits per heavy atom. The minimum Gasteiger partial charge on any atom is -0.493 e. The molecule has 27 heavy (non-hydrogen) atoms. The fourth-order valence-electron chi connectivity index (χ4n) is 3.38. The highest BCUT2D eigenvalue weighted by molar-refractivity contribution is 6.31. The van der Waals surface area contributed by atoms with Gasteiger partial charge in [-0.2, -0.15) is 0 Å². The summed E-state index contributed by atoms with van der Waals surface area (Å²) in [7, 11) is 1.62. The van der Waals surface area contributed by atoms with Crippen LogP contribution in [-0.2, 0) is 6.54 Å². The Morgan fingerprint density at radius 3 is 2.85 bits per heavy atom. The summed E-state index contributed by atoms with van der Waals surface area (Å²) in [4.78, 5) is 17.5. The molecule has 3 aromatic rings. The van der Waals surface area contributed by atoms with Crippen molar-refractivity contribution in [2.45, 2.75) is 19.9 Å². The Bertz CT molecular complexity index is 1120. The van der Waals surface area contributed by atoms with E-state index < -0.39 is 0 Å². The lowest BCUT2D eigenvalue weighted by Gasteiger charge is -2.10. The fourth-order valence-corrected chi connectivity index (χ4v) is 3.54. The maximum absolute atomic E-state index is 12.8. The first-order valence-corrected chi connectivity index (χ1v) is 9.20. The van der Waals surface area contributed by atoms with Gasteiger partial charge in [0.1, 0.15) is 5.82 Å². The number of hydrogen-bond donors (Lipinski definition) is 0. The third-order valence-corrected chi connectivity index (χ3v) is 4.87. The number of halogens is 1. The van der Waals surface area contributed by atoms with Crippen molar-refractivity contribution < 1.29 is 9.47 Å². The number of fused-ring (bicyclic) bond motifs is 2. The van der Waals surface area contributed by atoms with Crippen LogP contribution in [0, 0.1) is 0 Å². The van der Waals surface area contributed by atoms with Gasteiger partial charge in [-0.1, -0.05) is 17.7 Å². The standard InChI is InChI=1S/C21H19ClN2O3/c1-3-27-18-7-4-13(11-19(18)26-2)10-14-8-9-24-20(14)23-17-12-15(22)5-6-16(17)21(24)25/h4-7,10-12H,3,8-9H2,1-2H3. The predicted octanol–water partition coefficient (Wildman–Crippen LogP) is 4.40. The smallest absolute Gasteiger partial charge is 0.261 e. The Balaban J connectivity index is 1.80. The molecule has 0 aliphatic carbocycles. The second kappa shape index (κ2) is 7.08. The molecule has 0 bridgehead atoms. The third-order valence-electron chi connectivity index (χ3n) is 4.64. The molecule has 0 radical (unpaired) electrons. The topological polar surface area (TPSA) is 53.4 Å². The molecule has 1 aliphatic heterocycles. The second-order valence-electron chi connectivity index (χ2n) is 6.32. The summed E-state index contributed by atoms with van der Waals surface area (Å²) in [6.45, 7) is 3.14. The number of ether oxygens (including phenoxy) is 2. The summed E-state index contributed by atoms with van der Waals surface area (Å²) in [5.41, 5.74) is 2.58. The summed E-state index contributed by atoms with van der Waals surface area (Å²) in [6, 6.07) is 11.0. The number of aromatic nitrogens is 2. The molecule has 0 fully saturated rings. The van der Waals surface area contributed by atoms with Crippen molar-refractivity contribution in [1.29, 1.82) is 0 Å². The van der Waals surface area contributed by atoms with E-state index in [1.807, 2.05) is 31.2 Å². The highest BCUT2D eigenvalue weighted by Gasteiger charge is 2.21. The van der Waals surface area contributed by atoms with Crippen LogP contribution in [0.15, 0.2) is 41.2 Å². The molecule has 2 heterocycles. The van der Waals surface area contributed by atoms with Gasteiger partial charge in [-0.25, -0.2) is 4.98 Å². The number of nitrogens with zero attached hydrogens (tertiary/aromatic N) is 2. The highest BCUT2D eigenvalue weighted by atomic mass is 35.5. The quantitative estimate of drug-likeness (QED) is 0.671. The van der Waals surface area contributed by atoms with Gasteiger partial charge in [-0.15, -0.1) is 0 Å². The Kier molecular flexibility index (Phi) is 4.62. The summed E-state index contributed by atoms with van der Waals surface area (Å²) in [5.74, 6) is 2.09. The van der Waals surface area contributed by atoms with Crippen LogP contribution in [-0.4, -0.2) is 23.3 Å². The molecule has 0 saturated carbocycles. The summed E-state index contributed by atoms with van der Waals surface area (Å²) < 4.78 is 12.7. The van der Waals surface area contributed by atoms with Gasteiger partial charge in [-0.3, -0.25) is 9.36 Å². The van der Waals surface area contributed by atoms with Crippen molar-refractivity contribution in [1.82, 2.24) is 9.55 Å². The van der Waals surface area contributed by atoms with Crippen molar-refractivity contribution in [2.24, 2.45) is 0 Å². The summed E-state index contributed by atoms with van der Waals surface area (Å²) >= 11 is 6.07. The van der Waals surface area contributed by atoms with Gasteiger partial charge in [-0.05, 0) is 60.9 Å². The molecule has 6 heteroatoms. The minimum atomic E-state index is -0.0284. The van der Waals surface area contributed by atoms with Crippen LogP contribution in [0.4, 0.5) is 0 Å². The average Bonchev–Trinajstić information content (AvgIpc) is 3.06. The van der Waals surface area contributed by atoms with Crippen LogP contribution >= 0.6 is 11.6 Å². The highest BCUT2D eigenvalue weighted by Crippen LogP contribution is 2.32. The number of allylic oxidation sites excluding steroid dienone is 1. The number of benzene rings is 2. The van der Waals surface area contributed by atoms with Crippen LogP contribution in [0.25, 0.3) is 22.6 Å². The predicted molar refractivity (Wildman–Crippen MR) is 108 cm³/mol. The van der Waals surface area contributed by atoms with Gasteiger partial charge < -0.3 is 9.47 Å². The largest absolute Gasteiger partial charge is 0.493 e. The number of rotatable bonds is 4. The molecule has 0 N–H and O–H groups in total. The Hall–Kier alpha value is -2.79. The van der Waals surface area contributed by atoms with Crippen molar-refractivity contribution >= 4 is 34.2 Å². The van der Waals surface area contributed by atoms with E-state index in [0.29, 0.717) is 46.4 Å². The first kappa shape index (κ1) is 17.6. The van der Waals surface area contributed by atoms with E-state index in [2.05, 4.69) is 0 Å². The summed E-state index contributed by atoms with van der Waals surface area (Å²) in [6.07, 6.45) is 2.79. The zero-order valence-corrected chi connectivity index (χ0v) is 15.9. The van der Waals surface area contributed by atoms with Gasteiger partial charge in [0.2, 0.25) is 0 Å². The molecular weight excluding hydrogens is 364 g/mol. The maximum Gasteiger partial charge on any atom is 0.261 e. The monoisotopic (exact) mass is 382 g/mol. The molecule has 0 amide bonds. The van der Waals surface area contributed by atoms with Crippen LogP contribution in [0.5, 0.6) is 11.5 Å². The Labute approximate surface area is 161 Å². The van der Waals surface area contributed by atoms with Crippen molar-refractivity contribution in [2.75, 3.05) is 13.7 Å². The SMILES string of the molecule is CCOc1ccc(C=C2CCn3c2nc2cc(Cl)ccc2c3=O)cc1OC. The molecular formula is C21H19ClN2O3. The van der Waals surface area contributed by atoms with Crippen LogP contribution in [0.2, 0.25) is 5.02 Å². The van der Waals surface area contributed by atoms with Crippen molar-refractivity contribution in [3.63, 3.8) is 0 Å². The normalized spacial score (nSPS) is 14.6. The molecule has 0 atom stereocenters. The molecule has 138 valence electrons. The minimum absolute atomic E-state index is 0.0284. The van der Waals surface area contributed by atoms with Gasteiger partial charge in [0.15, 0.2) is 11.5 Å². The van der Waals surface area contributed by atoms with Crippen LogP contribution in [0.1, 0.15) is 24.7 Å². The lowest BCUT2D eigenvalue weighted by atomic mass is 10.1. The van der Waals surface area contributed by atoms with Gasteiger partial charge in [0.05, 0.1) is 24.6 Å². The molecule has 5 nitrogen and oxygen atoms in total. The molecule has 0 unspecified atom stereocenters. The zero-order valence-electron chi connectivity index (χ0n) is 15.2. The third kappa shape index (κ3) is 3.19. The molecule has 0 spiro atoms. The number of methoxy groups -OCH3 is 1. The first-order valence-electron chi connectivity index (χ1n) is 8.82. The molecule has 0 saturated heterocycles. The van der Waals surface area contributed by atoms with Crippen LogP contribution < -0.4 is 15.0 Å². The van der Waals surface area contributed by atoms with E-state index in [9.17, 15) is 4.79 Å². The number of hydrogen-bond acceptors (Lipinski definition) is 4. The van der Waals surface area contributed by atoms with Gasteiger partial charge >= 0.3 is 0 Å². The first-order chi connectivity index (χ1) is 13.1. The van der Waals surface area contributed by atoms with Gasteiger partial charge in [0.25, 0.3) is 5.56 Å². The van der Waals surface area contributed by atoms with E-state index in [0.717, 1.165) is 17.6 Å². The summed E-state index contributed by atoms with van der Waals surface area (Å²) in [5, 5.41) is 1.16.